The molecule has 2 aromatic rings. The van der Waals surface area contributed by atoms with Crippen LogP contribution < -0.4 is 4.74 Å². The Kier molecular flexibility index (Phi) is 5.18. The molecule has 0 spiro atoms. The minimum Gasteiger partial charge on any atom is -0.494 e. The molecule has 0 bridgehead atoms. The van der Waals surface area contributed by atoms with Crippen molar-refractivity contribution < 1.29 is 9.94 Å². The van der Waals surface area contributed by atoms with E-state index < -0.39 is 0 Å². The van der Waals surface area contributed by atoms with Crippen LogP contribution in [0.25, 0.3) is 0 Å². The van der Waals surface area contributed by atoms with Gasteiger partial charge in [0.05, 0.1) is 12.3 Å². The minimum absolute atomic E-state index is 0.598. The summed E-state index contributed by atoms with van der Waals surface area (Å²) >= 11 is 0. The van der Waals surface area contributed by atoms with Crippen molar-refractivity contribution in [3.05, 3.63) is 65.7 Å². The van der Waals surface area contributed by atoms with Gasteiger partial charge in [0.2, 0.25) is 0 Å². The number of hydrogen-bond acceptors (Lipinski definition) is 3. The molecule has 0 atom stereocenters. The number of rotatable bonds is 6. The Morgan fingerprint density at radius 2 is 1.75 bits per heavy atom. The van der Waals surface area contributed by atoms with Crippen molar-refractivity contribution >= 4 is 5.71 Å². The smallest absolute Gasteiger partial charge is 0.119 e. The first kappa shape index (κ1) is 14.1. The van der Waals surface area contributed by atoms with E-state index in [1.54, 1.807) is 6.92 Å². The highest BCUT2D eigenvalue weighted by molar-refractivity contribution is 5.98. The maximum absolute atomic E-state index is 8.70. The first-order valence-electron chi connectivity index (χ1n) is 6.75. The van der Waals surface area contributed by atoms with E-state index in [4.69, 9.17) is 9.94 Å². The summed E-state index contributed by atoms with van der Waals surface area (Å²) in [5.41, 5.74) is 2.82. The summed E-state index contributed by atoms with van der Waals surface area (Å²) in [6.45, 7) is 2.46. The molecular weight excluding hydrogens is 250 g/mol. The van der Waals surface area contributed by atoms with Gasteiger partial charge in [-0.25, -0.2) is 0 Å². The van der Waals surface area contributed by atoms with E-state index in [0.717, 1.165) is 24.2 Å². The lowest BCUT2D eigenvalue weighted by molar-refractivity contribution is 0.311. The standard InChI is InChI=1S/C17H19NO2/c1-14(18-19)16-9-11-17(12-10-16)20-13-5-8-15-6-3-2-4-7-15/h2-4,6-7,9-12,19H,5,8,13H2,1H3. The monoisotopic (exact) mass is 269 g/mol. The molecule has 0 amide bonds. The molecule has 0 radical (unpaired) electrons. The number of oxime groups is 1. The summed E-state index contributed by atoms with van der Waals surface area (Å²) in [6, 6.07) is 18.0. The third-order valence-corrected chi connectivity index (χ3v) is 3.14. The molecule has 0 saturated heterocycles. The number of benzene rings is 2. The van der Waals surface area contributed by atoms with Crippen LogP contribution >= 0.6 is 0 Å². The maximum Gasteiger partial charge on any atom is 0.119 e. The normalized spacial score (nSPS) is 11.3. The quantitative estimate of drug-likeness (QED) is 0.374. The van der Waals surface area contributed by atoms with Gasteiger partial charge < -0.3 is 9.94 Å². The van der Waals surface area contributed by atoms with Crippen molar-refractivity contribution in [2.45, 2.75) is 19.8 Å². The van der Waals surface area contributed by atoms with Gasteiger partial charge in [0.1, 0.15) is 5.75 Å². The van der Waals surface area contributed by atoms with Crippen LogP contribution in [0.5, 0.6) is 5.75 Å². The maximum atomic E-state index is 8.70. The topological polar surface area (TPSA) is 41.8 Å². The molecule has 104 valence electrons. The summed E-state index contributed by atoms with van der Waals surface area (Å²) in [4.78, 5) is 0. The highest BCUT2D eigenvalue weighted by atomic mass is 16.5. The lowest BCUT2D eigenvalue weighted by atomic mass is 10.1. The van der Waals surface area contributed by atoms with Gasteiger partial charge in [-0.2, -0.15) is 0 Å². The van der Waals surface area contributed by atoms with Crippen molar-refractivity contribution in [1.29, 1.82) is 0 Å². The zero-order valence-electron chi connectivity index (χ0n) is 11.6. The Bertz CT molecular complexity index is 547. The second kappa shape index (κ2) is 7.34. The molecular formula is C17H19NO2. The second-order valence-corrected chi connectivity index (χ2v) is 4.65. The lowest BCUT2D eigenvalue weighted by Gasteiger charge is -2.07. The molecule has 1 N–H and O–H groups in total. The second-order valence-electron chi connectivity index (χ2n) is 4.65. The van der Waals surface area contributed by atoms with Crippen LogP contribution in [0.3, 0.4) is 0 Å². The highest BCUT2D eigenvalue weighted by Gasteiger charge is 1.99. The Morgan fingerprint density at radius 1 is 1.05 bits per heavy atom. The van der Waals surface area contributed by atoms with E-state index in [-0.39, 0.29) is 0 Å². The van der Waals surface area contributed by atoms with E-state index in [0.29, 0.717) is 12.3 Å². The van der Waals surface area contributed by atoms with E-state index in [2.05, 4.69) is 29.4 Å². The average Bonchev–Trinajstić information content (AvgIpc) is 2.52. The Morgan fingerprint density at radius 3 is 2.40 bits per heavy atom. The van der Waals surface area contributed by atoms with Gasteiger partial charge in [0, 0.05) is 0 Å². The van der Waals surface area contributed by atoms with E-state index in [1.165, 1.54) is 5.56 Å². The van der Waals surface area contributed by atoms with E-state index in [9.17, 15) is 0 Å². The zero-order valence-corrected chi connectivity index (χ0v) is 11.6. The number of nitrogens with zero attached hydrogens (tertiary/aromatic N) is 1. The van der Waals surface area contributed by atoms with Gasteiger partial charge in [-0.15, -0.1) is 0 Å². The van der Waals surface area contributed by atoms with Gasteiger partial charge in [-0.1, -0.05) is 35.5 Å². The van der Waals surface area contributed by atoms with Gasteiger partial charge >= 0.3 is 0 Å². The SMILES string of the molecule is CC(=NO)c1ccc(OCCCc2ccccc2)cc1. The van der Waals surface area contributed by atoms with E-state index >= 15 is 0 Å². The molecule has 2 rings (SSSR count). The number of ether oxygens (including phenoxy) is 1. The Balaban J connectivity index is 1.77. The lowest BCUT2D eigenvalue weighted by Crippen LogP contribution is -2.00. The Hall–Kier alpha value is -2.29. The predicted molar refractivity (Wildman–Crippen MR) is 80.7 cm³/mol. The van der Waals surface area contributed by atoms with Gasteiger partial charge in [-0.3, -0.25) is 0 Å². The Labute approximate surface area is 119 Å². The molecule has 0 fully saturated rings. The molecule has 20 heavy (non-hydrogen) atoms. The third kappa shape index (κ3) is 4.12. The largest absolute Gasteiger partial charge is 0.494 e. The molecule has 0 aliphatic carbocycles. The van der Waals surface area contributed by atoms with Crippen LogP contribution in [0.2, 0.25) is 0 Å². The first-order valence-corrected chi connectivity index (χ1v) is 6.75. The number of hydrogen-bond donors (Lipinski definition) is 1. The van der Waals surface area contributed by atoms with Gasteiger partial charge in [0.15, 0.2) is 0 Å². The summed E-state index contributed by atoms with van der Waals surface area (Å²) in [7, 11) is 0. The molecule has 2 aromatic carbocycles. The van der Waals surface area contributed by atoms with Crippen molar-refractivity contribution in [1.82, 2.24) is 0 Å². The van der Waals surface area contributed by atoms with Crippen LogP contribution in [-0.2, 0) is 6.42 Å². The average molecular weight is 269 g/mol. The summed E-state index contributed by atoms with van der Waals surface area (Å²) in [5.74, 6) is 0.840. The van der Waals surface area contributed by atoms with E-state index in [1.807, 2.05) is 30.3 Å². The predicted octanol–water partition coefficient (Wildman–Crippen LogP) is 3.90. The molecule has 0 aliphatic rings. The molecule has 3 nitrogen and oxygen atoms in total. The third-order valence-electron chi connectivity index (χ3n) is 3.14. The van der Waals surface area contributed by atoms with Crippen LogP contribution in [0.1, 0.15) is 24.5 Å². The number of aryl methyl sites for hydroxylation is 1. The minimum atomic E-state index is 0.598. The van der Waals surface area contributed by atoms with Crippen LogP contribution in [0.15, 0.2) is 59.8 Å². The molecule has 0 heterocycles. The van der Waals surface area contributed by atoms with Crippen molar-refractivity contribution in [3.8, 4) is 5.75 Å². The highest BCUT2D eigenvalue weighted by Crippen LogP contribution is 2.13. The first-order chi connectivity index (χ1) is 9.79. The van der Waals surface area contributed by atoms with Crippen LogP contribution in [-0.4, -0.2) is 17.5 Å². The fraction of sp³-hybridized carbons (Fsp3) is 0.235. The summed E-state index contributed by atoms with van der Waals surface area (Å²) in [5, 5.41) is 11.9. The molecule has 0 aliphatic heterocycles. The molecule has 0 unspecified atom stereocenters. The summed E-state index contributed by atoms with van der Waals surface area (Å²) in [6.07, 6.45) is 2.01. The zero-order chi connectivity index (χ0) is 14.2. The van der Waals surface area contributed by atoms with Crippen molar-refractivity contribution in [2.75, 3.05) is 6.61 Å². The fourth-order valence-electron chi connectivity index (χ4n) is 1.96. The van der Waals surface area contributed by atoms with Gasteiger partial charge in [-0.05, 0) is 55.2 Å². The molecule has 0 aromatic heterocycles. The fourth-order valence-corrected chi connectivity index (χ4v) is 1.96. The summed E-state index contributed by atoms with van der Waals surface area (Å²) < 4.78 is 5.69. The van der Waals surface area contributed by atoms with Crippen molar-refractivity contribution in [2.24, 2.45) is 5.16 Å². The van der Waals surface area contributed by atoms with Crippen LogP contribution in [0, 0.1) is 0 Å². The van der Waals surface area contributed by atoms with Crippen LogP contribution in [0.4, 0.5) is 0 Å². The van der Waals surface area contributed by atoms with Crippen molar-refractivity contribution in [3.63, 3.8) is 0 Å². The molecule has 0 saturated carbocycles. The van der Waals surface area contributed by atoms with Gasteiger partial charge in [0.25, 0.3) is 0 Å². The molecule has 3 heteroatoms.